The number of carbonyl (C=O) groups excluding carboxylic acids is 1. The van der Waals surface area contributed by atoms with Crippen molar-refractivity contribution < 1.29 is 4.79 Å². The SMILES string of the molecule is C/C=C/CNC(=O)c1ccc(C)c(Br)c1. The van der Waals surface area contributed by atoms with Crippen molar-refractivity contribution in [2.75, 3.05) is 6.54 Å². The normalized spacial score (nSPS) is 10.6. The number of rotatable bonds is 3. The first-order valence-corrected chi connectivity index (χ1v) is 5.60. The van der Waals surface area contributed by atoms with Gasteiger partial charge >= 0.3 is 0 Å². The Balaban J connectivity index is 2.70. The molecule has 0 aliphatic carbocycles. The summed E-state index contributed by atoms with van der Waals surface area (Å²) in [6.07, 6.45) is 3.81. The van der Waals surface area contributed by atoms with Crippen LogP contribution in [0.5, 0.6) is 0 Å². The van der Waals surface area contributed by atoms with Gasteiger partial charge in [-0.1, -0.05) is 34.1 Å². The fourth-order valence-electron chi connectivity index (χ4n) is 1.11. The molecule has 2 nitrogen and oxygen atoms in total. The van der Waals surface area contributed by atoms with E-state index in [0.29, 0.717) is 12.1 Å². The highest BCUT2D eigenvalue weighted by Gasteiger charge is 2.05. The lowest BCUT2D eigenvalue weighted by Crippen LogP contribution is -2.23. The first-order valence-electron chi connectivity index (χ1n) is 4.80. The van der Waals surface area contributed by atoms with Crippen LogP contribution in [0.4, 0.5) is 0 Å². The summed E-state index contributed by atoms with van der Waals surface area (Å²) >= 11 is 3.40. The van der Waals surface area contributed by atoms with Gasteiger partial charge < -0.3 is 5.32 Å². The highest BCUT2D eigenvalue weighted by atomic mass is 79.9. The number of carbonyl (C=O) groups is 1. The smallest absolute Gasteiger partial charge is 0.251 e. The van der Waals surface area contributed by atoms with Crippen LogP contribution in [0.2, 0.25) is 0 Å². The third-order valence-electron chi connectivity index (χ3n) is 2.05. The molecule has 1 aromatic rings. The Morgan fingerprint density at radius 2 is 2.27 bits per heavy atom. The van der Waals surface area contributed by atoms with Gasteiger partial charge in [-0.2, -0.15) is 0 Å². The van der Waals surface area contributed by atoms with Crippen molar-refractivity contribution in [3.63, 3.8) is 0 Å². The van der Waals surface area contributed by atoms with Crippen LogP contribution < -0.4 is 5.32 Å². The number of hydrogen-bond donors (Lipinski definition) is 1. The van der Waals surface area contributed by atoms with Gasteiger partial charge in [0, 0.05) is 16.6 Å². The maximum absolute atomic E-state index is 11.6. The van der Waals surface area contributed by atoms with E-state index < -0.39 is 0 Å². The molecular formula is C12H14BrNO. The van der Waals surface area contributed by atoms with E-state index in [9.17, 15) is 4.79 Å². The molecule has 0 aliphatic heterocycles. The molecule has 0 aromatic heterocycles. The second-order valence-electron chi connectivity index (χ2n) is 3.24. The number of nitrogens with one attached hydrogen (secondary N) is 1. The van der Waals surface area contributed by atoms with Gasteiger partial charge in [0.2, 0.25) is 0 Å². The van der Waals surface area contributed by atoms with Gasteiger partial charge in [0.1, 0.15) is 0 Å². The third-order valence-corrected chi connectivity index (χ3v) is 2.90. The van der Waals surface area contributed by atoms with Crippen LogP contribution in [-0.4, -0.2) is 12.5 Å². The minimum absolute atomic E-state index is 0.0474. The molecule has 80 valence electrons. The van der Waals surface area contributed by atoms with Gasteiger partial charge in [0.05, 0.1) is 0 Å². The maximum atomic E-state index is 11.6. The Labute approximate surface area is 98.5 Å². The Bertz CT molecular complexity index is 385. The molecular weight excluding hydrogens is 254 g/mol. The first kappa shape index (κ1) is 12.0. The molecule has 0 bridgehead atoms. The van der Waals surface area contributed by atoms with Crippen molar-refractivity contribution in [1.82, 2.24) is 5.32 Å². The van der Waals surface area contributed by atoms with E-state index in [4.69, 9.17) is 0 Å². The van der Waals surface area contributed by atoms with Gasteiger partial charge in [0.15, 0.2) is 0 Å². The maximum Gasteiger partial charge on any atom is 0.251 e. The minimum Gasteiger partial charge on any atom is -0.349 e. The van der Waals surface area contributed by atoms with Gasteiger partial charge in [-0.25, -0.2) is 0 Å². The summed E-state index contributed by atoms with van der Waals surface area (Å²) in [5.74, 6) is -0.0474. The Hall–Kier alpha value is -1.09. The molecule has 0 saturated carbocycles. The predicted molar refractivity (Wildman–Crippen MR) is 66.0 cm³/mol. The zero-order valence-electron chi connectivity index (χ0n) is 8.88. The molecule has 0 aliphatic rings. The number of benzene rings is 1. The van der Waals surface area contributed by atoms with Crippen molar-refractivity contribution in [3.8, 4) is 0 Å². The molecule has 3 heteroatoms. The molecule has 0 unspecified atom stereocenters. The highest BCUT2D eigenvalue weighted by molar-refractivity contribution is 9.10. The molecule has 1 aromatic carbocycles. The van der Waals surface area contributed by atoms with E-state index in [1.807, 2.05) is 44.2 Å². The van der Waals surface area contributed by atoms with E-state index >= 15 is 0 Å². The summed E-state index contributed by atoms with van der Waals surface area (Å²) in [7, 11) is 0. The van der Waals surface area contributed by atoms with Crippen LogP contribution >= 0.6 is 15.9 Å². The summed E-state index contributed by atoms with van der Waals surface area (Å²) in [5.41, 5.74) is 1.80. The quantitative estimate of drug-likeness (QED) is 0.839. The van der Waals surface area contributed by atoms with Gasteiger partial charge in [-0.15, -0.1) is 0 Å². The van der Waals surface area contributed by atoms with Crippen LogP contribution in [0.15, 0.2) is 34.8 Å². The topological polar surface area (TPSA) is 29.1 Å². The number of halogens is 1. The van der Waals surface area contributed by atoms with E-state index in [1.54, 1.807) is 0 Å². The summed E-state index contributed by atoms with van der Waals surface area (Å²) in [4.78, 5) is 11.6. The summed E-state index contributed by atoms with van der Waals surface area (Å²) in [5, 5.41) is 2.80. The molecule has 1 rings (SSSR count). The van der Waals surface area contributed by atoms with E-state index in [0.717, 1.165) is 10.0 Å². The molecule has 0 heterocycles. The van der Waals surface area contributed by atoms with Crippen molar-refractivity contribution in [2.24, 2.45) is 0 Å². The number of allylic oxidation sites excluding steroid dienone is 1. The van der Waals surface area contributed by atoms with Gasteiger partial charge in [-0.3, -0.25) is 4.79 Å². The molecule has 0 radical (unpaired) electrons. The van der Waals surface area contributed by atoms with Crippen molar-refractivity contribution >= 4 is 21.8 Å². The molecule has 0 spiro atoms. The average molecular weight is 268 g/mol. The molecule has 1 amide bonds. The monoisotopic (exact) mass is 267 g/mol. The van der Waals surface area contributed by atoms with Crippen molar-refractivity contribution in [2.45, 2.75) is 13.8 Å². The van der Waals surface area contributed by atoms with Gasteiger partial charge in [0.25, 0.3) is 5.91 Å². The fourth-order valence-corrected chi connectivity index (χ4v) is 1.48. The molecule has 0 atom stereocenters. The average Bonchev–Trinajstić information content (AvgIpc) is 2.22. The van der Waals surface area contributed by atoms with Crippen LogP contribution in [0, 0.1) is 6.92 Å². The van der Waals surface area contributed by atoms with E-state index in [1.165, 1.54) is 0 Å². The van der Waals surface area contributed by atoms with Crippen LogP contribution in [0.25, 0.3) is 0 Å². The Kier molecular flexibility index (Phi) is 4.56. The Morgan fingerprint density at radius 3 is 2.87 bits per heavy atom. The molecule has 0 fully saturated rings. The Morgan fingerprint density at radius 1 is 1.53 bits per heavy atom. The van der Waals surface area contributed by atoms with Crippen molar-refractivity contribution in [1.29, 1.82) is 0 Å². The van der Waals surface area contributed by atoms with E-state index in [-0.39, 0.29) is 5.91 Å². The first-order chi connectivity index (χ1) is 7.15. The third kappa shape index (κ3) is 3.51. The lowest BCUT2D eigenvalue weighted by molar-refractivity contribution is 0.0958. The molecule has 0 saturated heterocycles. The van der Waals surface area contributed by atoms with Crippen LogP contribution in [0.3, 0.4) is 0 Å². The van der Waals surface area contributed by atoms with Crippen LogP contribution in [0.1, 0.15) is 22.8 Å². The fraction of sp³-hybridized carbons (Fsp3) is 0.250. The zero-order chi connectivity index (χ0) is 11.3. The lowest BCUT2D eigenvalue weighted by Gasteiger charge is -2.04. The molecule has 1 N–H and O–H groups in total. The predicted octanol–water partition coefficient (Wildman–Crippen LogP) is 3.06. The summed E-state index contributed by atoms with van der Waals surface area (Å²) in [6.45, 7) is 4.49. The zero-order valence-corrected chi connectivity index (χ0v) is 10.5. The van der Waals surface area contributed by atoms with Crippen LogP contribution in [-0.2, 0) is 0 Å². The number of hydrogen-bond acceptors (Lipinski definition) is 1. The minimum atomic E-state index is -0.0474. The van der Waals surface area contributed by atoms with E-state index in [2.05, 4.69) is 21.2 Å². The second kappa shape index (κ2) is 5.71. The van der Waals surface area contributed by atoms with Crippen molar-refractivity contribution in [3.05, 3.63) is 46.0 Å². The lowest BCUT2D eigenvalue weighted by atomic mass is 10.1. The second-order valence-corrected chi connectivity index (χ2v) is 4.10. The summed E-state index contributed by atoms with van der Waals surface area (Å²) in [6, 6.07) is 5.58. The molecule has 15 heavy (non-hydrogen) atoms. The van der Waals surface area contributed by atoms with Gasteiger partial charge in [-0.05, 0) is 31.5 Å². The highest BCUT2D eigenvalue weighted by Crippen LogP contribution is 2.17. The number of aryl methyl sites for hydroxylation is 1. The standard InChI is InChI=1S/C12H14BrNO/c1-3-4-7-14-12(15)10-6-5-9(2)11(13)8-10/h3-6,8H,7H2,1-2H3,(H,14,15)/b4-3+. The summed E-state index contributed by atoms with van der Waals surface area (Å²) < 4.78 is 0.959. The number of amides is 1. The largest absolute Gasteiger partial charge is 0.349 e.